The average Bonchev–Trinajstić information content (AvgIpc) is 2.47. The number of rotatable bonds is 3. The van der Waals surface area contributed by atoms with E-state index in [-0.39, 0.29) is 17.8 Å². The van der Waals surface area contributed by atoms with Crippen LogP contribution >= 0.6 is 11.6 Å². The molecule has 4 heteroatoms. The molecule has 20 heavy (non-hydrogen) atoms. The topological polar surface area (TPSA) is 29.5 Å². The minimum absolute atomic E-state index is 0.0897. The number of nitrogens with zero attached hydrogens (tertiary/aromatic N) is 1. The van der Waals surface area contributed by atoms with Crippen molar-refractivity contribution in [2.45, 2.75) is 12.3 Å². The molecule has 0 saturated carbocycles. The van der Waals surface area contributed by atoms with Crippen LogP contribution < -0.4 is 0 Å². The zero-order valence-corrected chi connectivity index (χ0v) is 12.6. The number of halogens is 1. The Balaban J connectivity index is 2.21. The molecule has 1 aliphatic rings. The number of esters is 1. The Morgan fingerprint density at radius 2 is 2.10 bits per heavy atom. The van der Waals surface area contributed by atoms with Crippen molar-refractivity contribution < 1.29 is 9.53 Å². The van der Waals surface area contributed by atoms with Crippen molar-refractivity contribution in [3.05, 3.63) is 40.9 Å². The van der Waals surface area contributed by atoms with Gasteiger partial charge in [0.2, 0.25) is 0 Å². The lowest BCUT2D eigenvalue weighted by Crippen LogP contribution is -2.41. The Kier molecular flexibility index (Phi) is 5.21. The minimum atomic E-state index is -0.119. The molecule has 0 aliphatic carbocycles. The molecule has 1 heterocycles. The summed E-state index contributed by atoms with van der Waals surface area (Å²) < 4.78 is 4.96. The number of methoxy groups -OCH3 is 1. The van der Waals surface area contributed by atoms with Crippen LogP contribution in [0.1, 0.15) is 23.5 Å². The largest absolute Gasteiger partial charge is 0.469 e. The lowest BCUT2D eigenvalue weighted by Gasteiger charge is -2.35. The second-order valence-corrected chi connectivity index (χ2v) is 5.50. The highest BCUT2D eigenvalue weighted by molar-refractivity contribution is 6.27. The average molecular weight is 294 g/mol. The van der Waals surface area contributed by atoms with Crippen LogP contribution in [0, 0.1) is 5.92 Å². The van der Waals surface area contributed by atoms with Crippen LogP contribution in [0.4, 0.5) is 0 Å². The van der Waals surface area contributed by atoms with E-state index in [4.69, 9.17) is 16.3 Å². The third-order valence-electron chi connectivity index (χ3n) is 3.94. The molecule has 1 aromatic carbocycles. The Morgan fingerprint density at radius 1 is 1.40 bits per heavy atom. The maximum atomic E-state index is 12.0. The lowest BCUT2D eigenvalue weighted by atomic mass is 9.80. The zero-order valence-electron chi connectivity index (χ0n) is 11.9. The summed E-state index contributed by atoms with van der Waals surface area (Å²) in [5.74, 6) is 0.0205. The third kappa shape index (κ3) is 3.41. The lowest BCUT2D eigenvalue weighted by molar-refractivity contribution is -0.148. The maximum Gasteiger partial charge on any atom is 0.310 e. The quantitative estimate of drug-likeness (QED) is 0.802. The van der Waals surface area contributed by atoms with Crippen molar-refractivity contribution in [1.29, 1.82) is 0 Å². The fraction of sp³-hybridized carbons (Fsp3) is 0.438. The number of hydrogen-bond donors (Lipinski definition) is 0. The van der Waals surface area contributed by atoms with E-state index in [0.29, 0.717) is 0 Å². The summed E-state index contributed by atoms with van der Waals surface area (Å²) in [6.45, 7) is 1.75. The van der Waals surface area contributed by atoms with Gasteiger partial charge in [0.1, 0.15) is 0 Å². The summed E-state index contributed by atoms with van der Waals surface area (Å²) in [7, 11) is 3.50. The van der Waals surface area contributed by atoms with Crippen molar-refractivity contribution in [3.8, 4) is 0 Å². The molecule has 108 valence electrons. The van der Waals surface area contributed by atoms with Crippen LogP contribution in [-0.2, 0) is 9.53 Å². The maximum absolute atomic E-state index is 12.0. The van der Waals surface area contributed by atoms with Crippen LogP contribution in [0.15, 0.2) is 29.8 Å². The van der Waals surface area contributed by atoms with Crippen LogP contribution in [0.5, 0.6) is 0 Å². The number of benzene rings is 1. The van der Waals surface area contributed by atoms with Gasteiger partial charge in [0.25, 0.3) is 0 Å². The van der Waals surface area contributed by atoms with Crippen molar-refractivity contribution in [3.63, 3.8) is 0 Å². The molecule has 0 bridgehead atoms. The summed E-state index contributed by atoms with van der Waals surface area (Å²) >= 11 is 5.58. The molecule has 2 atom stereocenters. The molecule has 1 aromatic rings. The first-order chi connectivity index (χ1) is 9.65. The number of carbonyl (C=O) groups is 1. The Labute approximate surface area is 125 Å². The second-order valence-electron chi connectivity index (χ2n) is 5.25. The smallest absolute Gasteiger partial charge is 0.310 e. The first-order valence-corrected chi connectivity index (χ1v) is 7.22. The number of hydrogen-bond acceptors (Lipinski definition) is 3. The fourth-order valence-corrected chi connectivity index (χ4v) is 2.98. The molecule has 0 spiro atoms. The van der Waals surface area contributed by atoms with Gasteiger partial charge in [0, 0.05) is 12.1 Å². The summed E-state index contributed by atoms with van der Waals surface area (Å²) in [6, 6.07) is 8.22. The number of piperidine rings is 1. The van der Waals surface area contributed by atoms with Crippen molar-refractivity contribution in [1.82, 2.24) is 4.90 Å². The van der Waals surface area contributed by atoms with Gasteiger partial charge in [-0.3, -0.25) is 4.79 Å². The molecule has 0 N–H and O–H groups in total. The Morgan fingerprint density at radius 3 is 2.70 bits per heavy atom. The van der Waals surface area contributed by atoms with Gasteiger partial charge in [-0.15, -0.1) is 0 Å². The third-order valence-corrected chi connectivity index (χ3v) is 4.07. The Hall–Kier alpha value is -1.32. The van der Waals surface area contributed by atoms with Gasteiger partial charge in [0.05, 0.1) is 13.0 Å². The molecule has 0 radical (unpaired) electrons. The van der Waals surface area contributed by atoms with E-state index in [9.17, 15) is 4.79 Å². The van der Waals surface area contributed by atoms with Crippen molar-refractivity contribution >= 4 is 23.6 Å². The summed E-state index contributed by atoms with van der Waals surface area (Å²) in [5, 5.41) is 0. The number of carbonyl (C=O) groups excluding carboxylic acids is 1. The first-order valence-electron chi connectivity index (χ1n) is 6.78. The van der Waals surface area contributed by atoms with E-state index in [1.165, 1.54) is 18.2 Å². The molecule has 3 nitrogen and oxygen atoms in total. The molecular formula is C16H20ClNO2. The molecule has 1 saturated heterocycles. The molecule has 1 aliphatic heterocycles. The SMILES string of the molecule is COC(=O)[C@@H]1CN(C)CC[C@@H]1c1ccc(/C=C/Cl)cc1. The zero-order chi connectivity index (χ0) is 14.5. The van der Waals surface area contributed by atoms with Gasteiger partial charge in [-0.25, -0.2) is 0 Å². The molecule has 2 rings (SSSR count). The van der Waals surface area contributed by atoms with E-state index in [1.807, 2.05) is 25.3 Å². The number of ether oxygens (including phenoxy) is 1. The minimum Gasteiger partial charge on any atom is -0.469 e. The Bertz CT molecular complexity index is 484. The van der Waals surface area contributed by atoms with Crippen molar-refractivity contribution in [2.24, 2.45) is 5.92 Å². The predicted octanol–water partition coefficient (Wildman–Crippen LogP) is 3.10. The molecule has 0 aromatic heterocycles. The summed E-state index contributed by atoms with van der Waals surface area (Å²) in [4.78, 5) is 14.2. The monoisotopic (exact) mass is 293 g/mol. The first kappa shape index (κ1) is 15.1. The van der Waals surface area contributed by atoms with Crippen molar-refractivity contribution in [2.75, 3.05) is 27.2 Å². The van der Waals surface area contributed by atoms with Gasteiger partial charge >= 0.3 is 5.97 Å². The highest BCUT2D eigenvalue weighted by atomic mass is 35.5. The van der Waals surface area contributed by atoms with E-state index in [1.54, 1.807) is 0 Å². The highest BCUT2D eigenvalue weighted by Gasteiger charge is 2.34. The van der Waals surface area contributed by atoms with Crippen LogP contribution in [0.25, 0.3) is 6.08 Å². The van der Waals surface area contributed by atoms with Gasteiger partial charge in [-0.1, -0.05) is 35.9 Å². The summed E-state index contributed by atoms with van der Waals surface area (Å²) in [6.07, 6.45) is 2.82. The highest BCUT2D eigenvalue weighted by Crippen LogP contribution is 2.33. The molecule has 0 amide bonds. The van der Waals surface area contributed by atoms with Gasteiger partial charge in [-0.2, -0.15) is 0 Å². The van der Waals surface area contributed by atoms with E-state index in [2.05, 4.69) is 17.0 Å². The van der Waals surface area contributed by atoms with Gasteiger partial charge < -0.3 is 9.64 Å². The van der Waals surface area contributed by atoms with E-state index >= 15 is 0 Å². The van der Waals surface area contributed by atoms with Crippen LogP contribution in [0.2, 0.25) is 0 Å². The fourth-order valence-electron chi connectivity index (χ4n) is 2.83. The normalized spacial score (nSPS) is 23.9. The summed E-state index contributed by atoms with van der Waals surface area (Å²) in [5.41, 5.74) is 3.76. The molecular weight excluding hydrogens is 274 g/mol. The van der Waals surface area contributed by atoms with Crippen LogP contribution in [-0.4, -0.2) is 38.1 Å². The molecule has 1 fully saturated rings. The standard InChI is InChI=1S/C16H20ClNO2/c1-18-10-8-14(15(11-18)16(19)20-2)13-5-3-12(4-6-13)7-9-17/h3-7,9,14-15H,8,10-11H2,1-2H3/b9-7+/t14-,15-/m1/s1. The predicted molar refractivity (Wildman–Crippen MR) is 81.7 cm³/mol. The van der Waals surface area contributed by atoms with Crippen LogP contribution in [0.3, 0.4) is 0 Å². The van der Waals surface area contributed by atoms with Gasteiger partial charge in [0.15, 0.2) is 0 Å². The molecule has 0 unspecified atom stereocenters. The number of likely N-dealkylation sites (tertiary alicyclic amines) is 1. The van der Waals surface area contributed by atoms with E-state index < -0.39 is 0 Å². The van der Waals surface area contributed by atoms with Gasteiger partial charge in [-0.05, 0) is 43.1 Å². The van der Waals surface area contributed by atoms with E-state index in [0.717, 1.165) is 25.1 Å². The second kappa shape index (κ2) is 6.91.